The third-order valence-corrected chi connectivity index (χ3v) is 4.70. The average Bonchev–Trinajstić information content (AvgIpc) is 3.15. The summed E-state index contributed by atoms with van der Waals surface area (Å²) < 4.78 is 5.01. The number of hydrogen-bond acceptors (Lipinski definition) is 6. The largest absolute Gasteiger partial charge is 0.450 e. The van der Waals surface area contributed by atoms with E-state index < -0.39 is 0 Å². The lowest BCUT2D eigenvalue weighted by atomic mass is 10.2. The van der Waals surface area contributed by atoms with E-state index in [0.717, 1.165) is 18.7 Å². The van der Waals surface area contributed by atoms with Crippen LogP contribution in [0.5, 0.6) is 0 Å². The highest BCUT2D eigenvalue weighted by Gasteiger charge is 2.23. The highest BCUT2D eigenvalue weighted by Crippen LogP contribution is 2.18. The number of carbonyl (C=O) groups is 2. The molecule has 1 saturated heterocycles. The fourth-order valence-corrected chi connectivity index (χ4v) is 3.28. The number of nitrogens with one attached hydrogen (secondary N) is 1. The Morgan fingerprint density at radius 1 is 1.16 bits per heavy atom. The normalized spacial score (nSPS) is 18.3. The lowest BCUT2D eigenvalue weighted by Gasteiger charge is -2.34. The van der Waals surface area contributed by atoms with Crippen molar-refractivity contribution in [2.24, 2.45) is 0 Å². The van der Waals surface area contributed by atoms with Gasteiger partial charge in [-0.2, -0.15) is 0 Å². The standard InChI is InChI=1S/C17H25N5O3/c1-2-25-17(24)22-11-9-21(10-12-22)15-8-7-14(19-20-15)16(23)18-13-5-3-4-6-13/h7-8,13H,2-6,9-12H2,1H3,(H,18,23). The SMILES string of the molecule is CCOC(=O)N1CCN(c2ccc(C(=O)NC3CCCC3)nn2)CC1. The van der Waals surface area contributed by atoms with Crippen molar-refractivity contribution >= 4 is 17.8 Å². The summed E-state index contributed by atoms with van der Waals surface area (Å²) in [6.07, 6.45) is 4.16. The predicted octanol–water partition coefficient (Wildman–Crippen LogP) is 1.43. The third-order valence-electron chi connectivity index (χ3n) is 4.70. The van der Waals surface area contributed by atoms with Gasteiger partial charge in [0.2, 0.25) is 0 Å². The zero-order valence-electron chi connectivity index (χ0n) is 14.6. The smallest absolute Gasteiger partial charge is 0.409 e. The summed E-state index contributed by atoms with van der Waals surface area (Å²) in [6.45, 7) is 4.69. The van der Waals surface area contributed by atoms with E-state index in [0.29, 0.717) is 38.5 Å². The van der Waals surface area contributed by atoms with Crippen LogP contribution in [-0.4, -0.2) is 65.9 Å². The van der Waals surface area contributed by atoms with Gasteiger partial charge in [0.15, 0.2) is 11.5 Å². The Morgan fingerprint density at radius 2 is 1.88 bits per heavy atom. The van der Waals surface area contributed by atoms with Crippen LogP contribution in [0.3, 0.4) is 0 Å². The minimum absolute atomic E-state index is 0.155. The molecule has 2 heterocycles. The second-order valence-corrected chi connectivity index (χ2v) is 6.40. The van der Waals surface area contributed by atoms with Gasteiger partial charge in [-0.1, -0.05) is 12.8 Å². The predicted molar refractivity (Wildman–Crippen MR) is 92.6 cm³/mol. The number of piperazine rings is 1. The van der Waals surface area contributed by atoms with Crippen molar-refractivity contribution in [2.75, 3.05) is 37.7 Å². The van der Waals surface area contributed by atoms with E-state index in [1.807, 2.05) is 6.07 Å². The Labute approximate surface area is 147 Å². The van der Waals surface area contributed by atoms with Crippen LogP contribution < -0.4 is 10.2 Å². The van der Waals surface area contributed by atoms with Gasteiger partial charge in [-0.25, -0.2) is 4.79 Å². The topological polar surface area (TPSA) is 87.7 Å². The summed E-state index contributed by atoms with van der Waals surface area (Å²) in [7, 11) is 0. The van der Waals surface area contributed by atoms with E-state index in [4.69, 9.17) is 4.74 Å². The molecule has 25 heavy (non-hydrogen) atoms. The molecule has 0 radical (unpaired) electrons. The summed E-state index contributed by atoms with van der Waals surface area (Å²) in [4.78, 5) is 27.6. The first kappa shape index (κ1) is 17.4. The summed E-state index contributed by atoms with van der Waals surface area (Å²) in [5, 5.41) is 11.3. The number of carbonyl (C=O) groups excluding carboxylic acids is 2. The molecule has 1 aliphatic heterocycles. The quantitative estimate of drug-likeness (QED) is 0.886. The highest BCUT2D eigenvalue weighted by atomic mass is 16.6. The minimum atomic E-state index is -0.271. The molecule has 3 rings (SSSR count). The Kier molecular flexibility index (Phi) is 5.67. The van der Waals surface area contributed by atoms with Gasteiger partial charge >= 0.3 is 6.09 Å². The molecule has 1 saturated carbocycles. The molecule has 0 spiro atoms. The molecule has 0 atom stereocenters. The van der Waals surface area contributed by atoms with Gasteiger partial charge in [-0.3, -0.25) is 4.79 Å². The second-order valence-electron chi connectivity index (χ2n) is 6.40. The monoisotopic (exact) mass is 347 g/mol. The Balaban J connectivity index is 1.52. The van der Waals surface area contributed by atoms with Gasteiger partial charge in [0, 0.05) is 32.2 Å². The molecule has 2 aliphatic rings. The van der Waals surface area contributed by atoms with E-state index in [1.54, 1.807) is 17.9 Å². The number of aromatic nitrogens is 2. The lowest BCUT2D eigenvalue weighted by Crippen LogP contribution is -2.49. The Hall–Kier alpha value is -2.38. The summed E-state index contributed by atoms with van der Waals surface area (Å²) in [5.74, 6) is 0.569. The van der Waals surface area contributed by atoms with Crippen LogP contribution in [0, 0.1) is 0 Å². The van der Waals surface area contributed by atoms with Crippen LogP contribution in [-0.2, 0) is 4.74 Å². The lowest BCUT2D eigenvalue weighted by molar-refractivity contribution is 0.0931. The molecule has 1 aromatic rings. The number of hydrogen-bond donors (Lipinski definition) is 1. The maximum atomic E-state index is 12.2. The van der Waals surface area contributed by atoms with Crippen LogP contribution in [0.2, 0.25) is 0 Å². The van der Waals surface area contributed by atoms with Crippen LogP contribution >= 0.6 is 0 Å². The van der Waals surface area contributed by atoms with Gasteiger partial charge in [-0.15, -0.1) is 10.2 Å². The fourth-order valence-electron chi connectivity index (χ4n) is 3.28. The maximum Gasteiger partial charge on any atom is 0.409 e. The first-order chi connectivity index (χ1) is 12.2. The van der Waals surface area contributed by atoms with Gasteiger partial charge in [0.05, 0.1) is 6.61 Å². The van der Waals surface area contributed by atoms with Crippen molar-refractivity contribution in [3.05, 3.63) is 17.8 Å². The zero-order chi connectivity index (χ0) is 17.6. The van der Waals surface area contributed by atoms with E-state index in [2.05, 4.69) is 20.4 Å². The third kappa shape index (κ3) is 4.37. The number of amides is 2. The van der Waals surface area contributed by atoms with E-state index in [-0.39, 0.29) is 18.0 Å². The molecule has 136 valence electrons. The van der Waals surface area contributed by atoms with Gasteiger partial charge in [0.1, 0.15) is 0 Å². The van der Waals surface area contributed by atoms with Gasteiger partial charge < -0.3 is 19.9 Å². The summed E-state index contributed by atoms with van der Waals surface area (Å²) in [6, 6.07) is 3.80. The number of anilines is 1. The van der Waals surface area contributed by atoms with Crippen LogP contribution in [0.1, 0.15) is 43.1 Å². The molecular formula is C17H25N5O3. The molecule has 0 bridgehead atoms. The zero-order valence-corrected chi connectivity index (χ0v) is 14.6. The number of nitrogens with zero attached hydrogens (tertiary/aromatic N) is 4. The first-order valence-corrected chi connectivity index (χ1v) is 8.98. The molecule has 8 nitrogen and oxygen atoms in total. The molecule has 0 unspecified atom stereocenters. The molecule has 1 aromatic heterocycles. The summed E-state index contributed by atoms with van der Waals surface area (Å²) >= 11 is 0. The number of ether oxygens (including phenoxy) is 1. The van der Waals surface area contributed by atoms with Crippen molar-refractivity contribution < 1.29 is 14.3 Å². The molecule has 2 amide bonds. The van der Waals surface area contributed by atoms with Crippen molar-refractivity contribution in [3.8, 4) is 0 Å². The van der Waals surface area contributed by atoms with Crippen molar-refractivity contribution in [1.29, 1.82) is 0 Å². The highest BCUT2D eigenvalue weighted by molar-refractivity contribution is 5.92. The van der Waals surface area contributed by atoms with E-state index >= 15 is 0 Å². The molecular weight excluding hydrogens is 322 g/mol. The van der Waals surface area contributed by atoms with E-state index in [1.165, 1.54) is 12.8 Å². The summed E-state index contributed by atoms with van der Waals surface area (Å²) in [5.41, 5.74) is 0.348. The molecule has 1 N–H and O–H groups in total. The second kappa shape index (κ2) is 8.13. The van der Waals surface area contributed by atoms with Crippen molar-refractivity contribution in [2.45, 2.75) is 38.6 Å². The fraction of sp³-hybridized carbons (Fsp3) is 0.647. The molecule has 0 aromatic carbocycles. The molecule has 2 fully saturated rings. The van der Waals surface area contributed by atoms with Crippen LogP contribution in [0.25, 0.3) is 0 Å². The molecule has 8 heteroatoms. The van der Waals surface area contributed by atoms with Crippen LogP contribution in [0.15, 0.2) is 12.1 Å². The van der Waals surface area contributed by atoms with Crippen molar-refractivity contribution in [3.63, 3.8) is 0 Å². The van der Waals surface area contributed by atoms with Crippen molar-refractivity contribution in [1.82, 2.24) is 20.4 Å². The van der Waals surface area contributed by atoms with Crippen LogP contribution in [0.4, 0.5) is 10.6 Å². The van der Waals surface area contributed by atoms with E-state index in [9.17, 15) is 9.59 Å². The Morgan fingerprint density at radius 3 is 2.48 bits per heavy atom. The minimum Gasteiger partial charge on any atom is -0.450 e. The average molecular weight is 347 g/mol. The number of rotatable bonds is 4. The maximum absolute atomic E-state index is 12.2. The van der Waals surface area contributed by atoms with Gasteiger partial charge in [-0.05, 0) is 31.9 Å². The van der Waals surface area contributed by atoms with Gasteiger partial charge in [0.25, 0.3) is 5.91 Å². The molecule has 1 aliphatic carbocycles. The Bertz CT molecular complexity index is 593. The first-order valence-electron chi connectivity index (χ1n) is 8.98.